The van der Waals surface area contributed by atoms with Gasteiger partial charge in [-0.25, -0.2) is 5.43 Å². The summed E-state index contributed by atoms with van der Waals surface area (Å²) in [7, 11) is 1.99. The Morgan fingerprint density at radius 1 is 1.13 bits per heavy atom. The molecular weight excluding hydrogens is 435 g/mol. The third-order valence-electron chi connectivity index (χ3n) is 5.23. The first-order valence-electron chi connectivity index (χ1n) is 9.83. The molecule has 3 aromatic rings. The third kappa shape index (κ3) is 4.92. The van der Waals surface area contributed by atoms with Gasteiger partial charge in [0.05, 0.1) is 16.8 Å². The Bertz CT molecular complexity index is 1170. The van der Waals surface area contributed by atoms with Crippen molar-refractivity contribution in [3.63, 3.8) is 0 Å². The van der Waals surface area contributed by atoms with E-state index in [2.05, 4.69) is 20.4 Å². The van der Waals surface area contributed by atoms with Crippen LogP contribution in [0.2, 0.25) is 10.0 Å². The predicted molar refractivity (Wildman–Crippen MR) is 126 cm³/mol. The van der Waals surface area contributed by atoms with Crippen molar-refractivity contribution in [3.05, 3.63) is 69.3 Å². The minimum atomic E-state index is -0.787. The normalized spacial score (nSPS) is 12.5. The van der Waals surface area contributed by atoms with Crippen molar-refractivity contribution in [2.45, 2.75) is 26.8 Å². The van der Waals surface area contributed by atoms with E-state index >= 15 is 0 Å². The Morgan fingerprint density at radius 2 is 1.84 bits per heavy atom. The summed E-state index contributed by atoms with van der Waals surface area (Å²) in [5.74, 6) is -1.03. The standard InChI is InChI=1S/C23H24Cl2N4O2/c1-13(2)21(27-22(30)17-10-9-15(24)11-19(17)25)23(31)28-26-12-18-14(3)29(4)20-8-6-5-7-16(18)20/h5-13,21H,1-4H3,(H,27,30)(H,28,31). The number of nitrogens with one attached hydrogen (secondary N) is 2. The number of hydrogen-bond donors (Lipinski definition) is 2. The summed E-state index contributed by atoms with van der Waals surface area (Å²) in [4.78, 5) is 25.4. The Labute approximate surface area is 191 Å². The number of fused-ring (bicyclic) bond motifs is 1. The molecule has 0 saturated carbocycles. The summed E-state index contributed by atoms with van der Waals surface area (Å²) in [6.45, 7) is 5.68. The summed E-state index contributed by atoms with van der Waals surface area (Å²) in [5, 5.41) is 8.57. The van der Waals surface area contributed by atoms with Crippen LogP contribution >= 0.6 is 23.2 Å². The van der Waals surface area contributed by atoms with Gasteiger partial charge in [-0.3, -0.25) is 9.59 Å². The van der Waals surface area contributed by atoms with Crippen LogP contribution in [0.15, 0.2) is 47.6 Å². The number of aryl methyl sites for hydroxylation is 1. The van der Waals surface area contributed by atoms with E-state index in [0.29, 0.717) is 5.02 Å². The zero-order valence-electron chi connectivity index (χ0n) is 17.7. The van der Waals surface area contributed by atoms with Gasteiger partial charge in [-0.05, 0) is 37.1 Å². The maximum atomic E-state index is 12.7. The average molecular weight is 459 g/mol. The Hall–Kier alpha value is -2.83. The molecule has 0 saturated heterocycles. The third-order valence-corrected chi connectivity index (χ3v) is 5.78. The lowest BCUT2D eigenvalue weighted by Gasteiger charge is -2.20. The van der Waals surface area contributed by atoms with Crippen LogP contribution in [0.5, 0.6) is 0 Å². The van der Waals surface area contributed by atoms with Crippen molar-refractivity contribution in [1.29, 1.82) is 0 Å². The number of amides is 2. The van der Waals surface area contributed by atoms with Gasteiger partial charge in [-0.1, -0.05) is 55.2 Å². The Morgan fingerprint density at radius 3 is 2.52 bits per heavy atom. The highest BCUT2D eigenvalue weighted by molar-refractivity contribution is 6.36. The van der Waals surface area contributed by atoms with E-state index in [1.165, 1.54) is 12.1 Å². The van der Waals surface area contributed by atoms with E-state index in [4.69, 9.17) is 23.2 Å². The number of para-hydroxylation sites is 1. The highest BCUT2D eigenvalue weighted by Crippen LogP contribution is 2.23. The first-order chi connectivity index (χ1) is 14.7. The number of nitrogens with zero attached hydrogens (tertiary/aromatic N) is 2. The van der Waals surface area contributed by atoms with Crippen LogP contribution in [0.1, 0.15) is 35.5 Å². The quantitative estimate of drug-likeness (QED) is 0.414. The van der Waals surface area contributed by atoms with E-state index in [9.17, 15) is 9.59 Å². The van der Waals surface area contributed by atoms with Gasteiger partial charge in [0.25, 0.3) is 11.8 Å². The van der Waals surface area contributed by atoms with Crippen LogP contribution in [-0.4, -0.2) is 28.6 Å². The molecule has 0 spiro atoms. The summed E-state index contributed by atoms with van der Waals surface area (Å²) in [5.41, 5.74) is 5.84. The number of hydrogen-bond acceptors (Lipinski definition) is 3. The molecule has 3 rings (SSSR count). The van der Waals surface area contributed by atoms with Gasteiger partial charge in [0.15, 0.2) is 0 Å². The molecule has 1 aromatic heterocycles. The van der Waals surface area contributed by atoms with E-state index in [1.807, 2.05) is 52.1 Å². The lowest BCUT2D eigenvalue weighted by molar-refractivity contribution is -0.123. The lowest BCUT2D eigenvalue weighted by atomic mass is 10.0. The van der Waals surface area contributed by atoms with Crippen LogP contribution in [-0.2, 0) is 11.8 Å². The van der Waals surface area contributed by atoms with Crippen molar-refractivity contribution in [1.82, 2.24) is 15.3 Å². The molecule has 1 heterocycles. The van der Waals surface area contributed by atoms with Crippen molar-refractivity contribution in [2.24, 2.45) is 18.1 Å². The first-order valence-corrected chi connectivity index (χ1v) is 10.6. The predicted octanol–water partition coefficient (Wildman–Crippen LogP) is 4.70. The second kappa shape index (κ2) is 9.54. The minimum Gasteiger partial charge on any atom is -0.347 e. The topological polar surface area (TPSA) is 75.5 Å². The molecule has 0 aliphatic rings. The number of benzene rings is 2. The fourth-order valence-electron chi connectivity index (χ4n) is 3.37. The van der Waals surface area contributed by atoms with E-state index in [0.717, 1.165) is 22.2 Å². The smallest absolute Gasteiger partial charge is 0.262 e. The molecular formula is C23H24Cl2N4O2. The summed E-state index contributed by atoms with van der Waals surface area (Å²) in [6.07, 6.45) is 1.63. The SMILES string of the molecule is Cc1c(C=NNC(=O)C(NC(=O)c2ccc(Cl)cc2Cl)C(C)C)c2ccccc2n1C. The molecule has 2 aromatic carbocycles. The molecule has 0 aliphatic heterocycles. The van der Waals surface area contributed by atoms with Crippen LogP contribution < -0.4 is 10.7 Å². The number of hydrazone groups is 1. The molecule has 0 fully saturated rings. The summed E-state index contributed by atoms with van der Waals surface area (Å²) in [6, 6.07) is 11.8. The van der Waals surface area contributed by atoms with Crippen LogP contribution in [0.3, 0.4) is 0 Å². The Balaban J connectivity index is 1.74. The monoisotopic (exact) mass is 458 g/mol. The minimum absolute atomic E-state index is 0.162. The lowest BCUT2D eigenvalue weighted by Crippen LogP contribution is -2.48. The van der Waals surface area contributed by atoms with Gasteiger partial charge in [0, 0.05) is 34.2 Å². The second-order valence-corrected chi connectivity index (χ2v) is 8.47. The largest absolute Gasteiger partial charge is 0.347 e. The highest BCUT2D eigenvalue weighted by atomic mass is 35.5. The van der Waals surface area contributed by atoms with Crippen molar-refractivity contribution < 1.29 is 9.59 Å². The van der Waals surface area contributed by atoms with Crippen LogP contribution in [0.4, 0.5) is 0 Å². The molecule has 2 amide bonds. The summed E-state index contributed by atoms with van der Waals surface area (Å²) < 4.78 is 2.07. The molecule has 0 aliphatic carbocycles. The second-order valence-electron chi connectivity index (χ2n) is 7.63. The molecule has 0 radical (unpaired) electrons. The molecule has 1 atom stereocenters. The van der Waals surface area contributed by atoms with E-state index in [1.54, 1.807) is 12.3 Å². The highest BCUT2D eigenvalue weighted by Gasteiger charge is 2.25. The number of rotatable bonds is 6. The molecule has 31 heavy (non-hydrogen) atoms. The van der Waals surface area contributed by atoms with Gasteiger partial charge in [-0.15, -0.1) is 0 Å². The molecule has 0 bridgehead atoms. The molecule has 1 unspecified atom stereocenters. The van der Waals surface area contributed by atoms with Crippen molar-refractivity contribution in [3.8, 4) is 0 Å². The van der Waals surface area contributed by atoms with Gasteiger partial charge >= 0.3 is 0 Å². The number of carbonyl (C=O) groups is 2. The van der Waals surface area contributed by atoms with Gasteiger partial charge in [0.2, 0.25) is 0 Å². The first kappa shape index (κ1) is 22.8. The van der Waals surface area contributed by atoms with Crippen molar-refractivity contribution in [2.75, 3.05) is 0 Å². The van der Waals surface area contributed by atoms with E-state index < -0.39 is 17.9 Å². The van der Waals surface area contributed by atoms with Gasteiger partial charge in [-0.2, -0.15) is 5.10 Å². The number of carbonyl (C=O) groups excluding carboxylic acids is 2. The molecule has 162 valence electrons. The van der Waals surface area contributed by atoms with Crippen LogP contribution in [0.25, 0.3) is 10.9 Å². The maximum Gasteiger partial charge on any atom is 0.262 e. The summed E-state index contributed by atoms with van der Waals surface area (Å²) >= 11 is 12.0. The fourth-order valence-corrected chi connectivity index (χ4v) is 3.86. The zero-order valence-corrected chi connectivity index (χ0v) is 19.3. The number of aromatic nitrogens is 1. The van der Waals surface area contributed by atoms with Crippen LogP contribution in [0, 0.1) is 12.8 Å². The van der Waals surface area contributed by atoms with Crippen molar-refractivity contribution >= 4 is 52.1 Å². The fraction of sp³-hybridized carbons (Fsp3) is 0.261. The molecule has 6 nitrogen and oxygen atoms in total. The Kier molecular flexibility index (Phi) is 7.03. The average Bonchev–Trinajstić information content (AvgIpc) is 2.96. The molecule has 8 heteroatoms. The number of halogens is 2. The maximum absolute atomic E-state index is 12.7. The van der Waals surface area contributed by atoms with Gasteiger partial charge < -0.3 is 9.88 Å². The van der Waals surface area contributed by atoms with Gasteiger partial charge in [0.1, 0.15) is 6.04 Å². The molecule has 2 N–H and O–H groups in total. The zero-order chi connectivity index (χ0) is 22.7. The van der Waals surface area contributed by atoms with E-state index in [-0.39, 0.29) is 16.5 Å².